The maximum atomic E-state index is 13.5. The van der Waals surface area contributed by atoms with Crippen LogP contribution in [0.15, 0.2) is 53.2 Å². The van der Waals surface area contributed by atoms with E-state index in [1.165, 1.54) is 6.08 Å². The maximum Gasteiger partial charge on any atom is 0.416 e. The fourth-order valence-corrected chi connectivity index (χ4v) is 7.21. The summed E-state index contributed by atoms with van der Waals surface area (Å²) in [6.45, 7) is 3.82. The van der Waals surface area contributed by atoms with Gasteiger partial charge < -0.3 is 5.32 Å². The van der Waals surface area contributed by atoms with Crippen LogP contribution in [-0.2, 0) is 21.0 Å². The highest BCUT2D eigenvalue weighted by molar-refractivity contribution is 7.89. The van der Waals surface area contributed by atoms with Gasteiger partial charge in [-0.1, -0.05) is 13.0 Å². The molecule has 2 N–H and O–H groups in total. The molecule has 3 saturated carbocycles. The molecule has 3 atom stereocenters. The number of carbonyl (C=O) groups is 1. The van der Waals surface area contributed by atoms with E-state index in [2.05, 4.69) is 10.0 Å². The van der Waals surface area contributed by atoms with Crippen molar-refractivity contribution in [2.75, 3.05) is 0 Å². The second-order valence-electron chi connectivity index (χ2n) is 10.3. The Morgan fingerprint density at radius 2 is 1.63 bits per heavy atom. The van der Waals surface area contributed by atoms with Crippen LogP contribution in [0.5, 0.6) is 0 Å². The quantitative estimate of drug-likeness (QED) is 0.509. The Labute approximate surface area is 203 Å². The summed E-state index contributed by atoms with van der Waals surface area (Å²) < 4.78 is 80.5. The van der Waals surface area contributed by atoms with Gasteiger partial charge in [-0.3, -0.25) is 4.79 Å². The van der Waals surface area contributed by atoms with E-state index in [9.17, 15) is 30.8 Å². The van der Waals surface area contributed by atoms with E-state index in [0.29, 0.717) is 38.5 Å². The lowest BCUT2D eigenvalue weighted by Crippen LogP contribution is -2.60. The normalized spacial score (nSPS) is 31.7. The Morgan fingerprint density at radius 3 is 2.14 bits per heavy atom. The number of hydrogen-bond acceptors (Lipinski definition) is 3. The van der Waals surface area contributed by atoms with Crippen molar-refractivity contribution in [3.05, 3.63) is 53.9 Å². The van der Waals surface area contributed by atoms with Gasteiger partial charge >= 0.3 is 6.18 Å². The van der Waals surface area contributed by atoms with Crippen LogP contribution in [0.25, 0.3) is 0 Å². The molecule has 10 heteroatoms. The molecule has 0 radical (unpaired) electrons. The number of fused-ring (bicyclic) bond motifs is 3. The van der Waals surface area contributed by atoms with Crippen molar-refractivity contribution in [1.29, 1.82) is 0 Å². The first kappa shape index (κ1) is 25.9. The number of sulfonamides is 1. The molecule has 5 nitrogen and oxygen atoms in total. The lowest BCUT2D eigenvalue weighted by atomic mass is 9.57. The monoisotopic (exact) mass is 514 g/mol. The van der Waals surface area contributed by atoms with Crippen LogP contribution in [0.4, 0.5) is 17.6 Å². The molecule has 35 heavy (non-hydrogen) atoms. The molecule has 4 aliphatic carbocycles. The van der Waals surface area contributed by atoms with Gasteiger partial charge in [-0.05, 0) is 87.8 Å². The maximum absolute atomic E-state index is 13.5. The van der Waals surface area contributed by atoms with Gasteiger partial charge in [0.25, 0.3) is 0 Å². The van der Waals surface area contributed by atoms with Crippen molar-refractivity contribution < 1.29 is 30.8 Å². The zero-order valence-corrected chi connectivity index (χ0v) is 20.5. The first-order valence-electron chi connectivity index (χ1n) is 11.8. The van der Waals surface area contributed by atoms with E-state index >= 15 is 0 Å². The van der Waals surface area contributed by atoms with E-state index in [1.807, 2.05) is 13.8 Å². The van der Waals surface area contributed by atoms with Gasteiger partial charge in [0, 0.05) is 22.9 Å². The number of benzene rings is 1. The Bertz CT molecular complexity index is 1120. The molecular formula is C25H30F4N2O3S. The fraction of sp³-hybridized carbons (Fsp3) is 0.560. The van der Waals surface area contributed by atoms with E-state index in [1.54, 1.807) is 12.2 Å². The molecule has 4 aliphatic rings. The van der Waals surface area contributed by atoms with Crippen molar-refractivity contribution in [2.24, 2.45) is 17.3 Å². The molecule has 192 valence electrons. The average Bonchev–Trinajstić information content (AvgIpc) is 2.79. The lowest BCUT2D eigenvalue weighted by Gasteiger charge is -2.52. The van der Waals surface area contributed by atoms with Gasteiger partial charge in [-0.15, -0.1) is 0 Å². The molecule has 1 amide bonds. The standard InChI is InChI=1S/C25H30F4N2O3S/c1-16-15-19(26)5-8-21(16)17(2)30-22(32)23-9-12-24(13-10-23,14-11-23)31-35(33,34)20-6-3-18(4-7-20)25(27,28)29/h3-8,15-17,21,31H,9-14H2,1-2H3,(H,30,32). The van der Waals surface area contributed by atoms with Crippen LogP contribution in [0.3, 0.4) is 0 Å². The number of rotatable bonds is 6. The molecule has 0 spiro atoms. The summed E-state index contributed by atoms with van der Waals surface area (Å²) in [5, 5.41) is 3.11. The predicted octanol–water partition coefficient (Wildman–Crippen LogP) is 5.26. The van der Waals surface area contributed by atoms with Crippen LogP contribution in [0.2, 0.25) is 0 Å². The molecule has 0 heterocycles. The fourth-order valence-electron chi connectivity index (χ4n) is 5.72. The van der Waals surface area contributed by atoms with E-state index in [4.69, 9.17) is 0 Å². The van der Waals surface area contributed by atoms with Crippen molar-refractivity contribution in [3.8, 4) is 0 Å². The highest BCUT2D eigenvalue weighted by Gasteiger charge is 2.54. The molecule has 0 saturated heterocycles. The van der Waals surface area contributed by atoms with Gasteiger partial charge in [0.1, 0.15) is 5.83 Å². The molecule has 3 unspecified atom stereocenters. The SMILES string of the molecule is CC1C=C(F)C=CC1C(C)NC(=O)C12CCC(NS(=O)(=O)c3ccc(C(F)(F)F)cc3)(CC1)CC2. The first-order chi connectivity index (χ1) is 16.3. The first-order valence-corrected chi connectivity index (χ1v) is 13.3. The molecule has 5 rings (SSSR count). The largest absolute Gasteiger partial charge is 0.416 e. The summed E-state index contributed by atoms with van der Waals surface area (Å²) in [7, 11) is -4.01. The van der Waals surface area contributed by atoms with Crippen LogP contribution < -0.4 is 10.0 Å². The zero-order chi connectivity index (χ0) is 25.6. The second kappa shape index (κ2) is 9.03. The van der Waals surface area contributed by atoms with Crippen molar-refractivity contribution in [1.82, 2.24) is 10.0 Å². The second-order valence-corrected chi connectivity index (χ2v) is 12.0. The molecular weight excluding hydrogens is 484 g/mol. The van der Waals surface area contributed by atoms with Crippen LogP contribution in [-0.4, -0.2) is 25.9 Å². The molecule has 1 aromatic carbocycles. The van der Waals surface area contributed by atoms with E-state index in [-0.39, 0.29) is 34.5 Å². The summed E-state index contributed by atoms with van der Waals surface area (Å²) in [5.41, 5.74) is -2.19. The average molecular weight is 515 g/mol. The summed E-state index contributed by atoms with van der Waals surface area (Å²) in [4.78, 5) is 13.1. The predicted molar refractivity (Wildman–Crippen MR) is 123 cm³/mol. The Balaban J connectivity index is 1.39. The molecule has 0 aromatic heterocycles. The zero-order valence-electron chi connectivity index (χ0n) is 19.7. The van der Waals surface area contributed by atoms with Gasteiger partial charge in [0.05, 0.1) is 10.5 Å². The van der Waals surface area contributed by atoms with Gasteiger partial charge in [-0.25, -0.2) is 17.5 Å². The van der Waals surface area contributed by atoms with Gasteiger partial charge in [-0.2, -0.15) is 13.2 Å². The molecule has 3 fully saturated rings. The van der Waals surface area contributed by atoms with E-state index in [0.717, 1.165) is 24.3 Å². The van der Waals surface area contributed by atoms with Gasteiger partial charge in [0.2, 0.25) is 15.9 Å². The Hall–Kier alpha value is -2.20. The number of alkyl halides is 3. The smallest absolute Gasteiger partial charge is 0.353 e. The minimum absolute atomic E-state index is 0.0170. The Kier molecular flexibility index (Phi) is 6.68. The minimum Gasteiger partial charge on any atom is -0.353 e. The number of amides is 1. The van der Waals surface area contributed by atoms with Crippen molar-refractivity contribution in [3.63, 3.8) is 0 Å². The lowest BCUT2D eigenvalue weighted by molar-refractivity contribution is -0.139. The highest BCUT2D eigenvalue weighted by atomic mass is 32.2. The summed E-state index contributed by atoms with van der Waals surface area (Å²) in [6, 6.07) is 3.27. The number of carbonyl (C=O) groups excluding carboxylic acids is 1. The third kappa shape index (κ3) is 5.18. The summed E-state index contributed by atoms with van der Waals surface area (Å²) >= 11 is 0. The third-order valence-corrected chi connectivity index (χ3v) is 9.61. The number of hydrogen-bond donors (Lipinski definition) is 2. The minimum atomic E-state index is -4.54. The number of nitrogens with one attached hydrogen (secondary N) is 2. The summed E-state index contributed by atoms with van der Waals surface area (Å²) in [5.74, 6) is -0.394. The third-order valence-electron chi connectivity index (χ3n) is 8.01. The highest BCUT2D eigenvalue weighted by Crippen LogP contribution is 2.53. The Morgan fingerprint density at radius 1 is 1.06 bits per heavy atom. The van der Waals surface area contributed by atoms with Gasteiger partial charge in [0.15, 0.2) is 0 Å². The van der Waals surface area contributed by atoms with Crippen molar-refractivity contribution in [2.45, 2.75) is 75.0 Å². The molecule has 2 bridgehead atoms. The number of allylic oxidation sites excluding steroid dienone is 3. The molecule has 0 aliphatic heterocycles. The number of halogens is 4. The van der Waals surface area contributed by atoms with E-state index < -0.39 is 32.7 Å². The van der Waals surface area contributed by atoms with Crippen LogP contribution in [0, 0.1) is 17.3 Å². The van der Waals surface area contributed by atoms with Crippen molar-refractivity contribution >= 4 is 15.9 Å². The van der Waals surface area contributed by atoms with Crippen LogP contribution in [0.1, 0.15) is 57.9 Å². The molecule has 1 aromatic rings. The topological polar surface area (TPSA) is 75.3 Å². The van der Waals surface area contributed by atoms with Crippen LogP contribution >= 0.6 is 0 Å². The summed E-state index contributed by atoms with van der Waals surface area (Å²) in [6.07, 6.45) is 3.19.